The summed E-state index contributed by atoms with van der Waals surface area (Å²) in [6.45, 7) is 11.4. The summed E-state index contributed by atoms with van der Waals surface area (Å²) in [5.41, 5.74) is 1.04. The highest BCUT2D eigenvalue weighted by Crippen LogP contribution is 2.14. The van der Waals surface area contributed by atoms with Crippen LogP contribution in [-0.2, 0) is 6.54 Å². The Hall–Kier alpha value is -1.03. The molecule has 92 valence electrons. The molecule has 1 aromatic heterocycles. The van der Waals surface area contributed by atoms with E-state index in [0.717, 1.165) is 12.2 Å². The summed E-state index contributed by atoms with van der Waals surface area (Å²) in [4.78, 5) is 6.45. The number of hydrogen-bond donors (Lipinski definition) is 1. The van der Waals surface area contributed by atoms with Gasteiger partial charge >= 0.3 is 0 Å². The van der Waals surface area contributed by atoms with Gasteiger partial charge in [-0.2, -0.15) is 4.98 Å². The van der Waals surface area contributed by atoms with Crippen molar-refractivity contribution in [1.29, 1.82) is 0 Å². The molecule has 0 aliphatic rings. The average molecular weight is 225 g/mol. The van der Waals surface area contributed by atoms with Crippen molar-refractivity contribution in [1.82, 2.24) is 10.3 Å². The molecule has 1 heterocycles. The Bertz CT molecular complexity index is 325. The third-order valence-electron chi connectivity index (χ3n) is 2.42. The topological polar surface area (TPSA) is 41.3 Å². The van der Waals surface area contributed by atoms with Crippen molar-refractivity contribution < 1.29 is 4.42 Å². The summed E-state index contributed by atoms with van der Waals surface area (Å²) < 4.78 is 5.43. The molecule has 0 radical (unpaired) electrons. The van der Waals surface area contributed by atoms with Crippen LogP contribution in [0.3, 0.4) is 0 Å². The van der Waals surface area contributed by atoms with Crippen molar-refractivity contribution in [2.45, 2.75) is 52.7 Å². The van der Waals surface area contributed by atoms with Gasteiger partial charge in [0.05, 0.1) is 5.69 Å². The lowest BCUT2D eigenvalue weighted by Gasteiger charge is -2.19. The van der Waals surface area contributed by atoms with Gasteiger partial charge < -0.3 is 14.6 Å². The summed E-state index contributed by atoms with van der Waals surface area (Å²) in [6.07, 6.45) is 1.72. The average Bonchev–Trinajstić information content (AvgIpc) is 2.60. The Balaban J connectivity index is 2.58. The minimum atomic E-state index is 0.100. The monoisotopic (exact) mass is 225 g/mol. The van der Waals surface area contributed by atoms with E-state index in [2.05, 4.69) is 44.9 Å². The van der Waals surface area contributed by atoms with Gasteiger partial charge in [-0.1, -0.05) is 0 Å². The molecule has 1 rings (SSSR count). The molecule has 0 saturated heterocycles. The molecule has 16 heavy (non-hydrogen) atoms. The molecule has 1 N–H and O–H groups in total. The Morgan fingerprint density at radius 2 is 2.06 bits per heavy atom. The van der Waals surface area contributed by atoms with Crippen LogP contribution in [0.5, 0.6) is 0 Å². The van der Waals surface area contributed by atoms with Crippen LogP contribution in [0, 0.1) is 0 Å². The molecule has 0 unspecified atom stereocenters. The maximum atomic E-state index is 5.43. The lowest BCUT2D eigenvalue weighted by molar-refractivity contribution is 0.421. The molecule has 0 aromatic carbocycles. The number of nitrogens with one attached hydrogen (secondary N) is 1. The molecule has 0 fully saturated rings. The fourth-order valence-corrected chi connectivity index (χ4v) is 1.12. The molecule has 0 saturated carbocycles. The molecule has 1 aromatic rings. The normalized spacial score (nSPS) is 12.2. The van der Waals surface area contributed by atoms with E-state index in [9.17, 15) is 0 Å². The van der Waals surface area contributed by atoms with Crippen LogP contribution in [0.1, 0.15) is 40.3 Å². The maximum Gasteiger partial charge on any atom is 0.297 e. The van der Waals surface area contributed by atoms with Crippen LogP contribution in [0.25, 0.3) is 0 Å². The molecule has 0 bridgehead atoms. The molecule has 0 amide bonds. The van der Waals surface area contributed by atoms with E-state index in [0.29, 0.717) is 12.1 Å². The molecule has 4 nitrogen and oxygen atoms in total. The SMILES string of the molecule is CC(C)N(C)c1nc(CNC(C)(C)C)co1. The lowest BCUT2D eigenvalue weighted by atomic mass is 10.1. The third kappa shape index (κ3) is 3.85. The Labute approximate surface area is 98.0 Å². The lowest BCUT2D eigenvalue weighted by Crippen LogP contribution is -2.35. The van der Waals surface area contributed by atoms with Gasteiger partial charge in [-0.15, -0.1) is 0 Å². The Morgan fingerprint density at radius 3 is 2.56 bits per heavy atom. The van der Waals surface area contributed by atoms with Crippen LogP contribution < -0.4 is 10.2 Å². The van der Waals surface area contributed by atoms with Crippen molar-refractivity contribution in [3.63, 3.8) is 0 Å². The van der Waals surface area contributed by atoms with Gasteiger partial charge in [0.25, 0.3) is 6.01 Å². The minimum absolute atomic E-state index is 0.100. The van der Waals surface area contributed by atoms with Crippen molar-refractivity contribution in [2.75, 3.05) is 11.9 Å². The van der Waals surface area contributed by atoms with Crippen molar-refractivity contribution in [3.05, 3.63) is 12.0 Å². The van der Waals surface area contributed by atoms with E-state index in [1.54, 1.807) is 6.26 Å². The molecule has 0 atom stereocenters. The van der Waals surface area contributed by atoms with E-state index in [1.165, 1.54) is 0 Å². The zero-order valence-electron chi connectivity index (χ0n) is 11.2. The van der Waals surface area contributed by atoms with Crippen LogP contribution in [0.15, 0.2) is 10.7 Å². The van der Waals surface area contributed by atoms with Crippen molar-refractivity contribution >= 4 is 6.01 Å². The standard InChI is InChI=1S/C12H23N3O/c1-9(2)15(6)11-14-10(8-16-11)7-13-12(3,4)5/h8-9,13H,7H2,1-6H3. The summed E-state index contributed by atoms with van der Waals surface area (Å²) in [7, 11) is 1.98. The zero-order valence-corrected chi connectivity index (χ0v) is 11.2. The first-order chi connectivity index (χ1) is 7.29. The number of anilines is 1. The molecule has 4 heteroatoms. The Kier molecular flexibility index (Phi) is 3.97. The first-order valence-electron chi connectivity index (χ1n) is 5.72. The fourth-order valence-electron chi connectivity index (χ4n) is 1.12. The van der Waals surface area contributed by atoms with E-state index >= 15 is 0 Å². The quantitative estimate of drug-likeness (QED) is 0.854. The first-order valence-corrected chi connectivity index (χ1v) is 5.72. The highest BCUT2D eigenvalue weighted by atomic mass is 16.4. The molecular formula is C12H23N3O. The highest BCUT2D eigenvalue weighted by Gasteiger charge is 2.13. The first kappa shape index (κ1) is 13.0. The molecular weight excluding hydrogens is 202 g/mol. The smallest absolute Gasteiger partial charge is 0.297 e. The van der Waals surface area contributed by atoms with Crippen LogP contribution in [0.4, 0.5) is 6.01 Å². The van der Waals surface area contributed by atoms with Crippen molar-refractivity contribution in [2.24, 2.45) is 0 Å². The van der Waals surface area contributed by atoms with Crippen LogP contribution >= 0.6 is 0 Å². The molecule has 0 aliphatic heterocycles. The largest absolute Gasteiger partial charge is 0.432 e. The van der Waals surface area contributed by atoms with Gasteiger partial charge in [-0.3, -0.25) is 0 Å². The van der Waals surface area contributed by atoms with E-state index in [4.69, 9.17) is 4.42 Å². The Morgan fingerprint density at radius 1 is 1.44 bits per heavy atom. The molecule has 0 aliphatic carbocycles. The number of rotatable bonds is 4. The van der Waals surface area contributed by atoms with E-state index in [1.807, 2.05) is 11.9 Å². The maximum absolute atomic E-state index is 5.43. The van der Waals surface area contributed by atoms with Gasteiger partial charge in [0.15, 0.2) is 0 Å². The van der Waals surface area contributed by atoms with Crippen molar-refractivity contribution in [3.8, 4) is 0 Å². The predicted molar refractivity (Wildman–Crippen MR) is 66.6 cm³/mol. The number of oxazole rings is 1. The summed E-state index contributed by atoms with van der Waals surface area (Å²) in [6, 6.07) is 1.07. The number of hydrogen-bond acceptors (Lipinski definition) is 4. The zero-order chi connectivity index (χ0) is 12.3. The number of aromatic nitrogens is 1. The van der Waals surface area contributed by atoms with E-state index < -0.39 is 0 Å². The predicted octanol–water partition coefficient (Wildman–Crippen LogP) is 2.41. The minimum Gasteiger partial charge on any atom is -0.432 e. The third-order valence-corrected chi connectivity index (χ3v) is 2.42. The summed E-state index contributed by atoms with van der Waals surface area (Å²) >= 11 is 0. The van der Waals surface area contributed by atoms with Crippen LogP contribution in [0.2, 0.25) is 0 Å². The van der Waals surface area contributed by atoms with Gasteiger partial charge in [0.2, 0.25) is 0 Å². The fraction of sp³-hybridized carbons (Fsp3) is 0.750. The van der Waals surface area contributed by atoms with Gasteiger partial charge in [0.1, 0.15) is 6.26 Å². The second-order valence-electron chi connectivity index (χ2n) is 5.43. The molecule has 0 spiro atoms. The van der Waals surface area contributed by atoms with Gasteiger partial charge in [-0.25, -0.2) is 0 Å². The number of nitrogens with zero attached hydrogens (tertiary/aromatic N) is 2. The summed E-state index contributed by atoms with van der Waals surface area (Å²) in [5.74, 6) is 0. The van der Waals surface area contributed by atoms with Crippen LogP contribution in [-0.4, -0.2) is 23.6 Å². The van der Waals surface area contributed by atoms with Gasteiger partial charge in [0, 0.05) is 25.2 Å². The second-order valence-corrected chi connectivity index (χ2v) is 5.43. The summed E-state index contributed by atoms with van der Waals surface area (Å²) in [5, 5.41) is 3.38. The van der Waals surface area contributed by atoms with Gasteiger partial charge in [-0.05, 0) is 34.6 Å². The highest BCUT2D eigenvalue weighted by molar-refractivity contribution is 5.26. The van der Waals surface area contributed by atoms with E-state index in [-0.39, 0.29) is 5.54 Å². The second kappa shape index (κ2) is 4.87.